The molecule has 1 unspecified atom stereocenters. The van der Waals surface area contributed by atoms with Gasteiger partial charge in [0.1, 0.15) is 0 Å². The lowest BCUT2D eigenvalue weighted by Crippen LogP contribution is -2.37. The van der Waals surface area contributed by atoms with Crippen LogP contribution in [0.4, 0.5) is 0 Å². The molecule has 1 heterocycles. The van der Waals surface area contributed by atoms with Gasteiger partial charge in [-0.1, -0.05) is 32.0 Å². The second kappa shape index (κ2) is 6.25. The zero-order chi connectivity index (χ0) is 13.0. The number of fused-ring (bicyclic) bond motifs is 1. The van der Waals surface area contributed by atoms with E-state index in [4.69, 9.17) is 0 Å². The normalized spacial score (nSPS) is 17.8. The van der Waals surface area contributed by atoms with Gasteiger partial charge in [-0.2, -0.15) is 0 Å². The van der Waals surface area contributed by atoms with Crippen LogP contribution in [0.25, 0.3) is 0 Å². The molecule has 1 aromatic carbocycles. The van der Waals surface area contributed by atoms with E-state index in [1.807, 2.05) is 11.8 Å². The largest absolute Gasteiger partial charge is 0.355 e. The first-order valence-corrected chi connectivity index (χ1v) is 7.37. The van der Waals surface area contributed by atoms with Crippen molar-refractivity contribution < 1.29 is 4.79 Å². The fourth-order valence-electron chi connectivity index (χ4n) is 1.93. The van der Waals surface area contributed by atoms with Crippen LogP contribution >= 0.6 is 11.8 Å². The van der Waals surface area contributed by atoms with Gasteiger partial charge in [0.05, 0.1) is 6.54 Å². The van der Waals surface area contributed by atoms with Gasteiger partial charge in [-0.15, -0.1) is 11.8 Å². The van der Waals surface area contributed by atoms with Crippen molar-refractivity contribution in [2.75, 3.05) is 18.8 Å². The molecule has 0 bridgehead atoms. The summed E-state index contributed by atoms with van der Waals surface area (Å²) >= 11 is 1.85. The monoisotopic (exact) mass is 264 g/mol. The van der Waals surface area contributed by atoms with E-state index in [1.165, 1.54) is 10.5 Å². The van der Waals surface area contributed by atoms with Gasteiger partial charge >= 0.3 is 0 Å². The van der Waals surface area contributed by atoms with Crippen molar-refractivity contribution in [2.24, 2.45) is 5.92 Å². The summed E-state index contributed by atoms with van der Waals surface area (Å²) in [6.07, 6.45) is 0. The second-order valence-electron chi connectivity index (χ2n) is 4.98. The van der Waals surface area contributed by atoms with Crippen molar-refractivity contribution in [1.82, 2.24) is 10.6 Å². The minimum atomic E-state index is 0.0816. The Bertz CT molecular complexity index is 420. The quantitative estimate of drug-likeness (QED) is 0.856. The average molecular weight is 264 g/mol. The van der Waals surface area contributed by atoms with Crippen LogP contribution in [-0.4, -0.2) is 24.7 Å². The first kappa shape index (κ1) is 13.4. The number of hydrogen-bond donors (Lipinski definition) is 2. The molecule has 1 aromatic rings. The van der Waals surface area contributed by atoms with E-state index in [9.17, 15) is 4.79 Å². The van der Waals surface area contributed by atoms with Gasteiger partial charge < -0.3 is 10.6 Å². The van der Waals surface area contributed by atoms with Crippen LogP contribution in [0, 0.1) is 5.92 Å². The van der Waals surface area contributed by atoms with Crippen molar-refractivity contribution in [3.63, 3.8) is 0 Å². The Morgan fingerprint density at radius 3 is 3.00 bits per heavy atom. The van der Waals surface area contributed by atoms with Gasteiger partial charge in [0.25, 0.3) is 0 Å². The lowest BCUT2D eigenvalue weighted by Gasteiger charge is -2.13. The van der Waals surface area contributed by atoms with Gasteiger partial charge in [0.2, 0.25) is 5.91 Å². The molecule has 2 N–H and O–H groups in total. The van der Waals surface area contributed by atoms with Crippen LogP contribution in [0.2, 0.25) is 0 Å². The van der Waals surface area contributed by atoms with Crippen LogP contribution < -0.4 is 10.6 Å². The Morgan fingerprint density at radius 1 is 1.44 bits per heavy atom. The molecule has 0 radical (unpaired) electrons. The highest BCUT2D eigenvalue weighted by molar-refractivity contribution is 7.99. The SMILES string of the molecule is CC(C)CNC(=O)CNC1CSc2ccccc21. The summed E-state index contributed by atoms with van der Waals surface area (Å²) in [4.78, 5) is 13.0. The molecule has 98 valence electrons. The van der Waals surface area contributed by atoms with Crippen molar-refractivity contribution in [3.8, 4) is 0 Å². The third kappa shape index (κ3) is 3.50. The summed E-state index contributed by atoms with van der Waals surface area (Å²) in [5.41, 5.74) is 1.32. The summed E-state index contributed by atoms with van der Waals surface area (Å²) in [7, 11) is 0. The minimum Gasteiger partial charge on any atom is -0.355 e. The number of carbonyl (C=O) groups excluding carboxylic acids is 1. The molecule has 0 saturated heterocycles. The van der Waals surface area contributed by atoms with Crippen molar-refractivity contribution in [1.29, 1.82) is 0 Å². The maximum absolute atomic E-state index is 11.6. The molecule has 0 saturated carbocycles. The topological polar surface area (TPSA) is 41.1 Å². The number of thioether (sulfide) groups is 1. The molecule has 4 heteroatoms. The molecule has 0 aromatic heterocycles. The first-order chi connectivity index (χ1) is 8.66. The summed E-state index contributed by atoms with van der Waals surface area (Å²) in [5.74, 6) is 1.59. The van der Waals surface area contributed by atoms with Crippen LogP contribution in [0.5, 0.6) is 0 Å². The predicted octanol–water partition coefficient (Wildman–Crippen LogP) is 2.20. The zero-order valence-electron chi connectivity index (χ0n) is 10.9. The average Bonchev–Trinajstić information content (AvgIpc) is 2.77. The highest BCUT2D eigenvalue weighted by Gasteiger charge is 2.22. The molecule has 0 spiro atoms. The minimum absolute atomic E-state index is 0.0816. The summed E-state index contributed by atoms with van der Waals surface area (Å²) in [6.45, 7) is 5.33. The van der Waals surface area contributed by atoms with Crippen LogP contribution in [0.1, 0.15) is 25.5 Å². The third-order valence-electron chi connectivity index (χ3n) is 2.92. The molecule has 3 nitrogen and oxygen atoms in total. The lowest BCUT2D eigenvalue weighted by molar-refractivity contribution is -0.120. The maximum Gasteiger partial charge on any atom is 0.233 e. The van der Waals surface area contributed by atoms with E-state index in [-0.39, 0.29) is 5.91 Å². The maximum atomic E-state index is 11.6. The number of rotatable bonds is 5. The summed E-state index contributed by atoms with van der Waals surface area (Å²) in [5, 5.41) is 6.25. The molecular formula is C14H20N2OS. The van der Waals surface area contributed by atoms with Crippen LogP contribution in [0.3, 0.4) is 0 Å². The highest BCUT2D eigenvalue weighted by Crippen LogP contribution is 2.37. The number of benzene rings is 1. The molecular weight excluding hydrogens is 244 g/mol. The van der Waals surface area contributed by atoms with E-state index < -0.39 is 0 Å². The Balaban J connectivity index is 1.80. The molecule has 0 fully saturated rings. The van der Waals surface area contributed by atoms with Gasteiger partial charge in [-0.3, -0.25) is 4.79 Å². The summed E-state index contributed by atoms with van der Waals surface area (Å²) < 4.78 is 0. The fourth-order valence-corrected chi connectivity index (χ4v) is 3.12. The highest BCUT2D eigenvalue weighted by atomic mass is 32.2. The van der Waals surface area contributed by atoms with Crippen molar-refractivity contribution in [2.45, 2.75) is 24.8 Å². The first-order valence-electron chi connectivity index (χ1n) is 6.38. The Morgan fingerprint density at radius 2 is 2.22 bits per heavy atom. The molecule has 18 heavy (non-hydrogen) atoms. The van der Waals surface area contributed by atoms with Crippen molar-refractivity contribution in [3.05, 3.63) is 29.8 Å². The number of carbonyl (C=O) groups is 1. The number of amides is 1. The van der Waals surface area contributed by atoms with E-state index in [2.05, 4.69) is 48.7 Å². The van der Waals surface area contributed by atoms with Gasteiger partial charge in [-0.25, -0.2) is 0 Å². The van der Waals surface area contributed by atoms with Crippen LogP contribution in [-0.2, 0) is 4.79 Å². The zero-order valence-corrected chi connectivity index (χ0v) is 11.7. The van der Waals surface area contributed by atoms with Crippen LogP contribution in [0.15, 0.2) is 29.2 Å². The number of hydrogen-bond acceptors (Lipinski definition) is 3. The van der Waals surface area contributed by atoms with E-state index in [0.29, 0.717) is 18.5 Å². The van der Waals surface area contributed by atoms with Gasteiger partial charge in [-0.05, 0) is 17.5 Å². The molecule has 1 aliphatic rings. The number of nitrogens with one attached hydrogen (secondary N) is 2. The summed E-state index contributed by atoms with van der Waals surface area (Å²) in [6, 6.07) is 8.69. The molecule has 0 aliphatic carbocycles. The van der Waals surface area contributed by atoms with Crippen molar-refractivity contribution >= 4 is 17.7 Å². The lowest BCUT2D eigenvalue weighted by atomic mass is 10.1. The predicted molar refractivity (Wildman–Crippen MR) is 75.8 cm³/mol. The smallest absolute Gasteiger partial charge is 0.233 e. The van der Waals surface area contributed by atoms with Gasteiger partial charge in [0, 0.05) is 23.2 Å². The second-order valence-corrected chi connectivity index (χ2v) is 6.04. The Kier molecular flexibility index (Phi) is 4.66. The molecule has 2 rings (SSSR count). The van der Waals surface area contributed by atoms with E-state index >= 15 is 0 Å². The van der Waals surface area contributed by atoms with E-state index in [1.54, 1.807) is 0 Å². The third-order valence-corrected chi connectivity index (χ3v) is 4.10. The standard InChI is InChI=1S/C14H20N2OS/c1-10(2)7-16-14(17)8-15-12-9-18-13-6-4-3-5-11(12)13/h3-6,10,12,15H,7-9H2,1-2H3,(H,16,17). The molecule has 1 aliphatic heterocycles. The van der Waals surface area contributed by atoms with E-state index in [0.717, 1.165) is 12.3 Å². The molecule has 1 amide bonds. The fraction of sp³-hybridized carbons (Fsp3) is 0.500. The molecule has 1 atom stereocenters. The van der Waals surface area contributed by atoms with Gasteiger partial charge in [0.15, 0.2) is 0 Å². The Hall–Kier alpha value is -1.00. The Labute approximate surface area is 113 Å².